The average molecular weight is 342 g/mol. The van der Waals surface area contributed by atoms with Gasteiger partial charge in [-0.2, -0.15) is 0 Å². The monoisotopic (exact) mass is 342 g/mol. The van der Waals surface area contributed by atoms with Gasteiger partial charge in [-0.15, -0.1) is 0 Å². The molecule has 0 radical (unpaired) electrons. The Labute approximate surface area is 144 Å². The maximum absolute atomic E-state index is 11.4. The van der Waals surface area contributed by atoms with E-state index < -0.39 is 11.9 Å². The Bertz CT molecular complexity index is 827. The summed E-state index contributed by atoms with van der Waals surface area (Å²) in [5.41, 5.74) is 1.69. The number of esters is 2. The van der Waals surface area contributed by atoms with Crippen LogP contribution in [-0.2, 0) is 16.0 Å². The maximum atomic E-state index is 11.4. The average Bonchev–Trinajstić information content (AvgIpc) is 2.53. The number of hydrogen-bond donors (Lipinski definition) is 1. The number of benzene rings is 2. The molecule has 1 aliphatic rings. The Balaban J connectivity index is 1.93. The molecule has 130 valence electrons. The summed E-state index contributed by atoms with van der Waals surface area (Å²) in [6.45, 7) is 2.60. The van der Waals surface area contributed by atoms with Crippen LogP contribution in [0.4, 0.5) is 0 Å². The van der Waals surface area contributed by atoms with Crippen molar-refractivity contribution < 1.29 is 28.9 Å². The fourth-order valence-corrected chi connectivity index (χ4v) is 2.83. The van der Waals surface area contributed by atoms with Crippen LogP contribution in [0.2, 0.25) is 0 Å². The van der Waals surface area contributed by atoms with Crippen molar-refractivity contribution in [1.82, 2.24) is 0 Å². The van der Waals surface area contributed by atoms with E-state index in [1.165, 1.54) is 19.9 Å². The van der Waals surface area contributed by atoms with Crippen LogP contribution in [0.1, 0.15) is 37.5 Å². The van der Waals surface area contributed by atoms with Gasteiger partial charge in [0.1, 0.15) is 29.1 Å². The first-order chi connectivity index (χ1) is 11.9. The number of ether oxygens (including phenoxy) is 3. The lowest BCUT2D eigenvalue weighted by Gasteiger charge is -2.27. The molecule has 0 fully saturated rings. The number of carbonyl (C=O) groups is 2. The number of aromatic hydroxyl groups is 1. The van der Waals surface area contributed by atoms with Crippen molar-refractivity contribution in [2.24, 2.45) is 0 Å². The summed E-state index contributed by atoms with van der Waals surface area (Å²) in [6, 6.07) is 9.87. The van der Waals surface area contributed by atoms with Gasteiger partial charge in [0.2, 0.25) is 0 Å². The topological polar surface area (TPSA) is 82.1 Å². The van der Waals surface area contributed by atoms with E-state index in [1.807, 2.05) is 6.07 Å². The van der Waals surface area contributed by atoms with Crippen LogP contribution < -0.4 is 14.2 Å². The van der Waals surface area contributed by atoms with Crippen LogP contribution in [0.15, 0.2) is 36.4 Å². The molecule has 0 saturated heterocycles. The molecule has 1 aliphatic heterocycles. The van der Waals surface area contributed by atoms with Gasteiger partial charge in [-0.25, -0.2) is 0 Å². The lowest BCUT2D eigenvalue weighted by molar-refractivity contribution is -0.132. The van der Waals surface area contributed by atoms with Crippen molar-refractivity contribution >= 4 is 11.9 Å². The quantitative estimate of drug-likeness (QED) is 0.681. The molecule has 0 aliphatic carbocycles. The van der Waals surface area contributed by atoms with Crippen molar-refractivity contribution in [2.75, 3.05) is 0 Å². The second-order valence-corrected chi connectivity index (χ2v) is 5.82. The molecule has 1 unspecified atom stereocenters. The van der Waals surface area contributed by atoms with Crippen molar-refractivity contribution in [3.8, 4) is 23.0 Å². The Morgan fingerprint density at radius 2 is 1.84 bits per heavy atom. The van der Waals surface area contributed by atoms with E-state index in [0.717, 1.165) is 12.0 Å². The smallest absolute Gasteiger partial charge is 0.308 e. The lowest BCUT2D eigenvalue weighted by Crippen LogP contribution is -2.17. The Kier molecular flexibility index (Phi) is 4.61. The predicted octanol–water partition coefficient (Wildman–Crippen LogP) is 3.31. The summed E-state index contributed by atoms with van der Waals surface area (Å²) in [7, 11) is 0. The molecule has 1 atom stereocenters. The molecule has 1 N–H and O–H groups in total. The number of hydrogen-bond acceptors (Lipinski definition) is 6. The number of phenols is 1. The first-order valence-corrected chi connectivity index (χ1v) is 7.91. The third-order valence-corrected chi connectivity index (χ3v) is 3.84. The van der Waals surface area contributed by atoms with Gasteiger partial charge in [-0.1, -0.05) is 6.07 Å². The van der Waals surface area contributed by atoms with Crippen LogP contribution in [0.5, 0.6) is 23.0 Å². The maximum Gasteiger partial charge on any atom is 0.308 e. The first-order valence-electron chi connectivity index (χ1n) is 7.91. The van der Waals surface area contributed by atoms with E-state index in [4.69, 9.17) is 14.2 Å². The summed E-state index contributed by atoms with van der Waals surface area (Å²) in [4.78, 5) is 22.5. The van der Waals surface area contributed by atoms with Crippen molar-refractivity contribution in [3.05, 3.63) is 47.5 Å². The highest BCUT2D eigenvalue weighted by Gasteiger charge is 2.25. The highest BCUT2D eigenvalue weighted by atomic mass is 16.5. The van der Waals surface area contributed by atoms with Gasteiger partial charge < -0.3 is 19.3 Å². The second kappa shape index (κ2) is 6.84. The summed E-state index contributed by atoms with van der Waals surface area (Å²) in [5, 5.41) is 9.64. The molecule has 2 aromatic carbocycles. The van der Waals surface area contributed by atoms with Crippen molar-refractivity contribution in [1.29, 1.82) is 0 Å². The first kappa shape index (κ1) is 16.8. The lowest BCUT2D eigenvalue weighted by atomic mass is 9.96. The molecule has 2 aromatic rings. The normalized spacial score (nSPS) is 15.7. The van der Waals surface area contributed by atoms with Gasteiger partial charge in [-0.3, -0.25) is 9.59 Å². The second-order valence-electron chi connectivity index (χ2n) is 5.82. The standard InChI is InChI=1S/C19H18O6/c1-11(20)23-15-6-7-16(19(10-15)24-12(2)21)17-8-4-13-3-5-14(22)9-18(13)25-17/h3,5-7,9-10,17,22H,4,8H2,1-2H3. The molecule has 0 amide bonds. The molecule has 6 heteroatoms. The molecular formula is C19H18O6. The molecule has 0 saturated carbocycles. The van der Waals surface area contributed by atoms with Gasteiger partial charge in [0.15, 0.2) is 0 Å². The molecule has 0 spiro atoms. The summed E-state index contributed by atoms with van der Waals surface area (Å²) in [6.07, 6.45) is 1.12. The fourth-order valence-electron chi connectivity index (χ4n) is 2.83. The van der Waals surface area contributed by atoms with Crippen molar-refractivity contribution in [3.63, 3.8) is 0 Å². The number of aryl methyl sites for hydroxylation is 1. The van der Waals surface area contributed by atoms with Crippen LogP contribution in [0, 0.1) is 0 Å². The number of fused-ring (bicyclic) bond motifs is 1. The molecule has 25 heavy (non-hydrogen) atoms. The SMILES string of the molecule is CC(=O)Oc1ccc(C2CCc3ccc(O)cc3O2)c(OC(C)=O)c1. The number of phenolic OH excluding ortho intramolecular Hbond substituents is 1. The van der Waals surface area contributed by atoms with E-state index in [2.05, 4.69) is 0 Å². The van der Waals surface area contributed by atoms with E-state index in [1.54, 1.807) is 24.3 Å². The summed E-state index contributed by atoms with van der Waals surface area (Å²) < 4.78 is 16.3. The minimum absolute atomic E-state index is 0.129. The van der Waals surface area contributed by atoms with Crippen LogP contribution >= 0.6 is 0 Å². The minimum Gasteiger partial charge on any atom is -0.508 e. The zero-order valence-electron chi connectivity index (χ0n) is 13.9. The van der Waals surface area contributed by atoms with E-state index in [0.29, 0.717) is 29.2 Å². The fraction of sp³-hybridized carbons (Fsp3) is 0.263. The summed E-state index contributed by atoms with van der Waals surface area (Å²) in [5.74, 6) is 0.384. The van der Waals surface area contributed by atoms with Crippen LogP contribution in [0.3, 0.4) is 0 Å². The molecule has 6 nitrogen and oxygen atoms in total. The highest BCUT2D eigenvalue weighted by molar-refractivity contribution is 5.72. The zero-order valence-corrected chi connectivity index (χ0v) is 13.9. The zero-order chi connectivity index (χ0) is 18.0. The van der Waals surface area contributed by atoms with E-state index >= 15 is 0 Å². The molecule has 3 rings (SSSR count). The Morgan fingerprint density at radius 1 is 1.08 bits per heavy atom. The third kappa shape index (κ3) is 3.91. The van der Waals surface area contributed by atoms with Gasteiger partial charge >= 0.3 is 11.9 Å². The van der Waals surface area contributed by atoms with Crippen molar-refractivity contribution in [2.45, 2.75) is 32.8 Å². The molecular weight excluding hydrogens is 324 g/mol. The largest absolute Gasteiger partial charge is 0.508 e. The molecule has 1 heterocycles. The predicted molar refractivity (Wildman–Crippen MR) is 88.9 cm³/mol. The van der Waals surface area contributed by atoms with Crippen LogP contribution in [-0.4, -0.2) is 17.0 Å². The Morgan fingerprint density at radius 3 is 2.56 bits per heavy atom. The summed E-state index contributed by atoms with van der Waals surface area (Å²) >= 11 is 0. The van der Waals surface area contributed by atoms with E-state index in [9.17, 15) is 14.7 Å². The minimum atomic E-state index is -0.477. The third-order valence-electron chi connectivity index (χ3n) is 3.84. The highest BCUT2D eigenvalue weighted by Crippen LogP contribution is 2.40. The Hall–Kier alpha value is -3.02. The van der Waals surface area contributed by atoms with Crippen LogP contribution in [0.25, 0.3) is 0 Å². The van der Waals surface area contributed by atoms with Gasteiger partial charge in [-0.05, 0) is 36.6 Å². The molecule has 0 aromatic heterocycles. The van der Waals surface area contributed by atoms with Gasteiger partial charge in [0.05, 0.1) is 0 Å². The van der Waals surface area contributed by atoms with Gasteiger partial charge in [0, 0.05) is 31.5 Å². The number of rotatable bonds is 3. The molecule has 0 bridgehead atoms. The van der Waals surface area contributed by atoms with E-state index in [-0.39, 0.29) is 11.9 Å². The number of carbonyl (C=O) groups excluding carboxylic acids is 2. The van der Waals surface area contributed by atoms with Gasteiger partial charge in [0.25, 0.3) is 0 Å².